The van der Waals surface area contributed by atoms with E-state index in [0.717, 1.165) is 18.4 Å². The Kier molecular flexibility index (Phi) is 3.98. The van der Waals surface area contributed by atoms with Crippen LogP contribution < -0.4 is 5.32 Å². The number of carbonyl (C=O) groups is 1. The van der Waals surface area contributed by atoms with Gasteiger partial charge in [0.25, 0.3) is 5.91 Å². The van der Waals surface area contributed by atoms with Crippen LogP contribution in [0, 0.1) is 12.7 Å². The maximum Gasteiger partial charge on any atom is 0.254 e. The minimum Gasteiger partial charge on any atom is -0.349 e. The minimum atomic E-state index is -0.439. The summed E-state index contributed by atoms with van der Waals surface area (Å²) >= 11 is 0. The van der Waals surface area contributed by atoms with Crippen molar-refractivity contribution in [3.8, 4) is 0 Å². The van der Waals surface area contributed by atoms with Gasteiger partial charge in [0.05, 0.1) is 5.56 Å². The number of hydrogen-bond donors (Lipinski definition) is 1. The van der Waals surface area contributed by atoms with Crippen molar-refractivity contribution in [1.29, 1.82) is 0 Å². The van der Waals surface area contributed by atoms with Crippen molar-refractivity contribution in [2.45, 2.75) is 57.2 Å². The van der Waals surface area contributed by atoms with Crippen LogP contribution in [-0.2, 0) is 0 Å². The van der Waals surface area contributed by atoms with Crippen molar-refractivity contribution in [2.75, 3.05) is 7.05 Å². The van der Waals surface area contributed by atoms with Gasteiger partial charge in [-0.15, -0.1) is 0 Å². The van der Waals surface area contributed by atoms with Crippen LogP contribution in [0.15, 0.2) is 18.2 Å². The molecule has 2 heterocycles. The molecule has 3 nitrogen and oxygen atoms in total. The topological polar surface area (TPSA) is 32.3 Å². The number of piperidine rings is 2. The summed E-state index contributed by atoms with van der Waals surface area (Å²) in [6.45, 7) is 1.87. The number of aryl methyl sites for hydroxylation is 1. The van der Waals surface area contributed by atoms with Gasteiger partial charge in [0.2, 0.25) is 0 Å². The number of hydrogen-bond acceptors (Lipinski definition) is 2. The lowest BCUT2D eigenvalue weighted by Crippen LogP contribution is -2.55. The van der Waals surface area contributed by atoms with Crippen LogP contribution >= 0.6 is 0 Å². The molecule has 4 heteroatoms. The molecule has 0 radical (unpaired) electrons. The average molecular weight is 290 g/mol. The Bertz CT molecular complexity index is 532. The maximum atomic E-state index is 13.8. The van der Waals surface area contributed by atoms with Gasteiger partial charge >= 0.3 is 0 Å². The van der Waals surface area contributed by atoms with E-state index in [1.807, 2.05) is 6.92 Å². The van der Waals surface area contributed by atoms with Gasteiger partial charge in [-0.2, -0.15) is 0 Å². The van der Waals surface area contributed by atoms with Crippen LogP contribution in [0.3, 0.4) is 0 Å². The van der Waals surface area contributed by atoms with E-state index in [9.17, 15) is 9.18 Å². The lowest BCUT2D eigenvalue weighted by atomic mass is 9.82. The third kappa shape index (κ3) is 2.95. The molecule has 21 heavy (non-hydrogen) atoms. The molecule has 2 unspecified atom stereocenters. The van der Waals surface area contributed by atoms with E-state index in [0.29, 0.717) is 12.1 Å². The molecule has 2 fully saturated rings. The lowest BCUT2D eigenvalue weighted by Gasteiger charge is -2.47. The Morgan fingerprint density at radius 3 is 2.62 bits per heavy atom. The summed E-state index contributed by atoms with van der Waals surface area (Å²) in [5.74, 6) is -0.713. The van der Waals surface area contributed by atoms with Crippen LogP contribution in [0.4, 0.5) is 4.39 Å². The standard InChI is InChI=1S/C17H23FN2O/c1-11-6-7-16(18)15(8-11)17(21)19-12-9-13-4-3-5-14(10-12)20(13)2/h6-8,12-14H,3-5,9-10H2,1-2H3,(H,19,21). The zero-order valence-corrected chi connectivity index (χ0v) is 12.7. The Hall–Kier alpha value is -1.42. The molecule has 2 aliphatic rings. The largest absolute Gasteiger partial charge is 0.349 e. The summed E-state index contributed by atoms with van der Waals surface area (Å²) in [5, 5.41) is 3.05. The van der Waals surface area contributed by atoms with Crippen molar-refractivity contribution in [2.24, 2.45) is 0 Å². The Morgan fingerprint density at radius 2 is 1.95 bits per heavy atom. The molecule has 2 bridgehead atoms. The molecule has 1 aromatic carbocycles. The fraction of sp³-hybridized carbons (Fsp3) is 0.588. The highest BCUT2D eigenvalue weighted by Crippen LogP contribution is 2.32. The number of halogens is 1. The first-order valence-corrected chi connectivity index (χ1v) is 7.83. The SMILES string of the molecule is Cc1ccc(F)c(C(=O)NC2CC3CCCC(C2)N3C)c1. The number of benzene rings is 1. The molecule has 3 rings (SSSR count). The summed E-state index contributed by atoms with van der Waals surface area (Å²) in [7, 11) is 2.19. The Labute approximate surface area is 125 Å². The van der Waals surface area contributed by atoms with Gasteiger partial charge in [-0.1, -0.05) is 18.1 Å². The van der Waals surface area contributed by atoms with Crippen LogP contribution in [0.2, 0.25) is 0 Å². The third-order valence-electron chi connectivity index (χ3n) is 5.04. The molecule has 0 aliphatic carbocycles. The van der Waals surface area contributed by atoms with Crippen LogP contribution in [0.5, 0.6) is 0 Å². The van der Waals surface area contributed by atoms with Crippen LogP contribution in [0.1, 0.15) is 48.0 Å². The third-order valence-corrected chi connectivity index (χ3v) is 5.04. The molecule has 0 aromatic heterocycles. The normalized spacial score (nSPS) is 29.2. The second-order valence-corrected chi connectivity index (χ2v) is 6.53. The first-order chi connectivity index (χ1) is 10.0. The van der Waals surface area contributed by atoms with Gasteiger partial charge in [-0.3, -0.25) is 4.79 Å². The van der Waals surface area contributed by atoms with E-state index in [-0.39, 0.29) is 17.5 Å². The van der Waals surface area contributed by atoms with E-state index in [1.54, 1.807) is 12.1 Å². The molecule has 1 N–H and O–H groups in total. The fourth-order valence-electron chi connectivity index (χ4n) is 3.81. The average Bonchev–Trinajstić information content (AvgIpc) is 2.42. The number of carbonyl (C=O) groups excluding carboxylic acids is 1. The first-order valence-electron chi connectivity index (χ1n) is 7.83. The van der Waals surface area contributed by atoms with E-state index in [2.05, 4.69) is 17.3 Å². The Morgan fingerprint density at radius 1 is 1.29 bits per heavy atom. The van der Waals surface area contributed by atoms with E-state index < -0.39 is 5.82 Å². The molecule has 114 valence electrons. The minimum absolute atomic E-state index is 0.166. The smallest absolute Gasteiger partial charge is 0.254 e. The van der Waals surface area contributed by atoms with E-state index in [4.69, 9.17) is 0 Å². The number of fused-ring (bicyclic) bond motifs is 2. The highest BCUT2D eigenvalue weighted by molar-refractivity contribution is 5.94. The Balaban J connectivity index is 1.69. The van der Waals surface area contributed by atoms with Gasteiger partial charge in [0.1, 0.15) is 5.82 Å². The molecule has 1 aromatic rings. The molecule has 1 amide bonds. The summed E-state index contributed by atoms with van der Waals surface area (Å²) in [5.41, 5.74) is 1.07. The zero-order chi connectivity index (χ0) is 15.0. The van der Waals surface area contributed by atoms with Crippen molar-refractivity contribution < 1.29 is 9.18 Å². The summed E-state index contributed by atoms with van der Waals surface area (Å²) in [6.07, 6.45) is 5.65. The predicted octanol–water partition coefficient (Wildman–Crippen LogP) is 2.88. The summed E-state index contributed by atoms with van der Waals surface area (Å²) < 4.78 is 13.8. The number of rotatable bonds is 2. The molecular formula is C17H23FN2O. The number of nitrogens with zero attached hydrogens (tertiary/aromatic N) is 1. The van der Waals surface area contributed by atoms with Gasteiger partial charge < -0.3 is 10.2 Å². The summed E-state index contributed by atoms with van der Waals surface area (Å²) in [6, 6.07) is 5.97. The number of nitrogens with one attached hydrogen (secondary N) is 1. The second kappa shape index (κ2) is 5.76. The molecular weight excluding hydrogens is 267 g/mol. The number of amides is 1. The highest BCUT2D eigenvalue weighted by Gasteiger charge is 2.36. The van der Waals surface area contributed by atoms with Crippen molar-refractivity contribution >= 4 is 5.91 Å². The molecule has 2 aliphatic heterocycles. The van der Waals surface area contributed by atoms with Gasteiger partial charge in [0.15, 0.2) is 0 Å². The van der Waals surface area contributed by atoms with Crippen LogP contribution in [0.25, 0.3) is 0 Å². The zero-order valence-electron chi connectivity index (χ0n) is 12.7. The second-order valence-electron chi connectivity index (χ2n) is 6.53. The van der Waals surface area contributed by atoms with Crippen LogP contribution in [-0.4, -0.2) is 36.0 Å². The molecule has 2 saturated heterocycles. The lowest BCUT2D eigenvalue weighted by molar-refractivity contribution is 0.0462. The first kappa shape index (κ1) is 14.5. The van der Waals surface area contributed by atoms with Gasteiger partial charge in [0, 0.05) is 18.1 Å². The van der Waals surface area contributed by atoms with Crippen molar-refractivity contribution in [1.82, 2.24) is 10.2 Å². The monoisotopic (exact) mass is 290 g/mol. The van der Waals surface area contributed by atoms with Gasteiger partial charge in [-0.05, 0) is 51.8 Å². The molecule has 0 saturated carbocycles. The van der Waals surface area contributed by atoms with Crippen molar-refractivity contribution in [3.63, 3.8) is 0 Å². The highest BCUT2D eigenvalue weighted by atomic mass is 19.1. The van der Waals surface area contributed by atoms with E-state index in [1.165, 1.54) is 25.3 Å². The predicted molar refractivity (Wildman–Crippen MR) is 80.8 cm³/mol. The quantitative estimate of drug-likeness (QED) is 0.908. The van der Waals surface area contributed by atoms with Gasteiger partial charge in [-0.25, -0.2) is 4.39 Å². The summed E-state index contributed by atoms with van der Waals surface area (Å²) in [4.78, 5) is 14.8. The molecule has 0 spiro atoms. The maximum absolute atomic E-state index is 13.8. The van der Waals surface area contributed by atoms with E-state index >= 15 is 0 Å². The molecule has 2 atom stereocenters. The van der Waals surface area contributed by atoms with Crippen molar-refractivity contribution in [3.05, 3.63) is 35.1 Å². The fourth-order valence-corrected chi connectivity index (χ4v) is 3.81.